The number of hydrogen-bond donors (Lipinski definition) is 1. The Bertz CT molecular complexity index is 888. The van der Waals surface area contributed by atoms with Crippen LogP contribution in [-0.4, -0.2) is 45.5 Å². The molecule has 4 aliphatic carbocycles. The molecule has 148 valence electrons. The van der Waals surface area contributed by atoms with Crippen molar-refractivity contribution in [3.63, 3.8) is 0 Å². The van der Waals surface area contributed by atoms with Gasteiger partial charge in [0.05, 0.1) is 23.3 Å². The summed E-state index contributed by atoms with van der Waals surface area (Å²) in [6, 6.07) is 4.84. The number of carbonyl (C=O) groups is 1. The SMILES string of the molecule is N#Cc1ccn([C@@H]2CCN(C(=O)OC3C4CC5CC3CC(O)(C5)C4)C2)c(=O)c1. The Kier molecular flexibility index (Phi) is 4.02. The van der Waals surface area contributed by atoms with Crippen LogP contribution in [-0.2, 0) is 4.74 Å². The number of nitrogens with zero attached hydrogens (tertiary/aromatic N) is 3. The third kappa shape index (κ3) is 2.91. The number of amides is 1. The van der Waals surface area contributed by atoms with Gasteiger partial charge in [0.1, 0.15) is 6.10 Å². The summed E-state index contributed by atoms with van der Waals surface area (Å²) in [6.45, 7) is 1.00. The highest BCUT2D eigenvalue weighted by Crippen LogP contribution is 2.56. The van der Waals surface area contributed by atoms with Crippen LogP contribution < -0.4 is 5.56 Å². The fourth-order valence-corrected chi connectivity index (χ4v) is 6.31. The molecule has 1 aromatic heterocycles. The van der Waals surface area contributed by atoms with Gasteiger partial charge in [0.15, 0.2) is 0 Å². The zero-order chi connectivity index (χ0) is 19.5. The van der Waals surface area contributed by atoms with Crippen LogP contribution in [0.4, 0.5) is 4.79 Å². The van der Waals surface area contributed by atoms with Gasteiger partial charge < -0.3 is 19.3 Å². The van der Waals surface area contributed by atoms with Gasteiger partial charge in [-0.2, -0.15) is 5.26 Å². The maximum atomic E-state index is 12.8. The molecule has 5 aliphatic rings. The molecule has 1 amide bonds. The van der Waals surface area contributed by atoms with Crippen LogP contribution >= 0.6 is 0 Å². The minimum absolute atomic E-state index is 0.0824. The van der Waals surface area contributed by atoms with E-state index in [1.54, 1.807) is 21.7 Å². The summed E-state index contributed by atoms with van der Waals surface area (Å²) in [5, 5.41) is 19.6. The van der Waals surface area contributed by atoms with Crippen molar-refractivity contribution in [2.24, 2.45) is 17.8 Å². The summed E-state index contributed by atoms with van der Waals surface area (Å²) >= 11 is 0. The Labute approximate surface area is 163 Å². The Morgan fingerprint density at radius 1 is 1.29 bits per heavy atom. The largest absolute Gasteiger partial charge is 0.446 e. The summed E-state index contributed by atoms with van der Waals surface area (Å²) in [5.41, 5.74) is -0.401. The fraction of sp³-hybridized carbons (Fsp3) is 0.667. The molecule has 7 heteroatoms. The summed E-state index contributed by atoms with van der Waals surface area (Å²) in [4.78, 5) is 26.7. The lowest BCUT2D eigenvalue weighted by atomic mass is 9.53. The number of ether oxygens (including phenoxy) is 1. The van der Waals surface area contributed by atoms with E-state index in [2.05, 4.69) is 0 Å². The maximum absolute atomic E-state index is 12.8. The third-order valence-corrected chi connectivity index (χ3v) is 7.28. The lowest BCUT2D eigenvalue weighted by molar-refractivity contribution is -0.177. The molecule has 4 saturated carbocycles. The van der Waals surface area contributed by atoms with E-state index in [0.29, 0.717) is 31.0 Å². The standard InChI is InChI=1S/C21H25N3O4/c22-11-13-1-4-24(18(25)7-13)17-2-3-23(12-17)20(26)28-19-15-5-14-6-16(19)10-21(27,8-14)9-15/h1,4,7,14-17,19,27H,2-3,5-6,8-10,12H2/t14?,15?,16?,17-,19?,21?/m1/s1. The van der Waals surface area contributed by atoms with Crippen molar-refractivity contribution in [2.45, 2.75) is 56.3 Å². The van der Waals surface area contributed by atoms with Gasteiger partial charge in [-0.25, -0.2) is 4.79 Å². The van der Waals surface area contributed by atoms with E-state index in [-0.39, 0.29) is 35.6 Å². The molecule has 0 radical (unpaired) electrons. The average molecular weight is 383 g/mol. The number of likely N-dealkylation sites (tertiary alicyclic amines) is 1. The number of pyridine rings is 1. The summed E-state index contributed by atoms with van der Waals surface area (Å²) in [7, 11) is 0. The maximum Gasteiger partial charge on any atom is 0.410 e. The third-order valence-electron chi connectivity index (χ3n) is 7.28. The van der Waals surface area contributed by atoms with Crippen molar-refractivity contribution < 1.29 is 14.6 Å². The Hall–Kier alpha value is -2.33. The van der Waals surface area contributed by atoms with E-state index in [1.807, 2.05) is 6.07 Å². The van der Waals surface area contributed by atoms with Crippen LogP contribution in [0.25, 0.3) is 0 Å². The lowest BCUT2D eigenvalue weighted by Gasteiger charge is -2.57. The van der Waals surface area contributed by atoms with E-state index >= 15 is 0 Å². The molecule has 3 atom stereocenters. The van der Waals surface area contributed by atoms with Crippen LogP contribution in [0, 0.1) is 29.1 Å². The quantitative estimate of drug-likeness (QED) is 0.843. The van der Waals surface area contributed by atoms with E-state index in [0.717, 1.165) is 32.1 Å². The molecular formula is C21H25N3O4. The van der Waals surface area contributed by atoms with Crippen LogP contribution in [0.2, 0.25) is 0 Å². The molecular weight excluding hydrogens is 358 g/mol. The highest BCUT2D eigenvalue weighted by atomic mass is 16.6. The molecule has 5 fully saturated rings. The van der Waals surface area contributed by atoms with Gasteiger partial charge >= 0.3 is 6.09 Å². The first-order valence-corrected chi connectivity index (χ1v) is 10.2. The van der Waals surface area contributed by atoms with Crippen LogP contribution in [0.15, 0.2) is 23.1 Å². The van der Waals surface area contributed by atoms with Gasteiger partial charge in [-0.1, -0.05) is 0 Å². The monoisotopic (exact) mass is 383 g/mol. The van der Waals surface area contributed by atoms with Gasteiger partial charge in [-0.3, -0.25) is 4.79 Å². The number of aliphatic hydroxyl groups is 1. The summed E-state index contributed by atoms with van der Waals surface area (Å²) in [6.07, 6.45) is 6.48. The predicted octanol–water partition coefficient (Wildman–Crippen LogP) is 2.04. The first-order chi connectivity index (χ1) is 13.4. The van der Waals surface area contributed by atoms with Gasteiger partial charge in [-0.15, -0.1) is 0 Å². The minimum atomic E-state index is -0.533. The van der Waals surface area contributed by atoms with Crippen LogP contribution in [0.5, 0.6) is 0 Å². The molecule has 0 aromatic carbocycles. The molecule has 1 saturated heterocycles. The Morgan fingerprint density at radius 2 is 2.04 bits per heavy atom. The molecule has 1 aromatic rings. The van der Waals surface area contributed by atoms with Crippen molar-refractivity contribution in [1.82, 2.24) is 9.47 Å². The van der Waals surface area contributed by atoms with E-state index in [9.17, 15) is 14.7 Å². The number of carbonyl (C=O) groups excluding carboxylic acids is 1. The smallest absolute Gasteiger partial charge is 0.410 e. The highest BCUT2D eigenvalue weighted by molar-refractivity contribution is 5.68. The first-order valence-electron chi connectivity index (χ1n) is 10.2. The molecule has 7 nitrogen and oxygen atoms in total. The number of aromatic nitrogens is 1. The van der Waals surface area contributed by atoms with Crippen LogP contribution in [0.1, 0.15) is 50.1 Å². The number of nitriles is 1. The van der Waals surface area contributed by atoms with Crippen molar-refractivity contribution in [1.29, 1.82) is 5.26 Å². The van der Waals surface area contributed by atoms with E-state index in [1.165, 1.54) is 6.07 Å². The first kappa shape index (κ1) is 17.7. The molecule has 4 bridgehead atoms. The fourth-order valence-electron chi connectivity index (χ4n) is 6.31. The van der Waals surface area contributed by atoms with Gasteiger partial charge in [-0.05, 0) is 62.3 Å². The van der Waals surface area contributed by atoms with Crippen LogP contribution in [0.3, 0.4) is 0 Å². The van der Waals surface area contributed by atoms with Crippen molar-refractivity contribution >= 4 is 6.09 Å². The molecule has 2 unspecified atom stereocenters. The molecule has 1 N–H and O–H groups in total. The second-order valence-electron chi connectivity index (χ2n) is 9.20. The lowest BCUT2D eigenvalue weighted by Crippen LogP contribution is -2.58. The van der Waals surface area contributed by atoms with Crippen molar-refractivity contribution in [2.75, 3.05) is 13.1 Å². The Morgan fingerprint density at radius 3 is 2.68 bits per heavy atom. The second kappa shape index (κ2) is 6.35. The number of hydrogen-bond acceptors (Lipinski definition) is 5. The second-order valence-corrected chi connectivity index (χ2v) is 9.20. The topological polar surface area (TPSA) is 95.6 Å². The van der Waals surface area contributed by atoms with E-state index < -0.39 is 5.60 Å². The summed E-state index contributed by atoms with van der Waals surface area (Å²) in [5.74, 6) is 1.14. The van der Waals surface area contributed by atoms with Gasteiger partial charge in [0, 0.05) is 25.4 Å². The normalized spacial score (nSPS) is 38.4. The molecule has 0 spiro atoms. The summed E-state index contributed by atoms with van der Waals surface area (Å²) < 4.78 is 7.56. The number of rotatable bonds is 2. The molecule has 2 heterocycles. The molecule has 28 heavy (non-hydrogen) atoms. The van der Waals surface area contributed by atoms with Gasteiger partial charge in [0.2, 0.25) is 0 Å². The minimum Gasteiger partial charge on any atom is -0.446 e. The zero-order valence-electron chi connectivity index (χ0n) is 15.8. The van der Waals surface area contributed by atoms with Crippen molar-refractivity contribution in [3.8, 4) is 6.07 Å². The predicted molar refractivity (Wildman–Crippen MR) is 99.4 cm³/mol. The molecule has 1 aliphatic heterocycles. The van der Waals surface area contributed by atoms with Gasteiger partial charge in [0.25, 0.3) is 5.56 Å². The average Bonchev–Trinajstić information content (AvgIpc) is 3.13. The molecule has 6 rings (SSSR count). The van der Waals surface area contributed by atoms with Crippen molar-refractivity contribution in [3.05, 3.63) is 34.2 Å². The highest BCUT2D eigenvalue weighted by Gasteiger charge is 2.56. The van der Waals surface area contributed by atoms with E-state index in [4.69, 9.17) is 10.00 Å². The zero-order valence-corrected chi connectivity index (χ0v) is 15.8. The Balaban J connectivity index is 1.24.